The predicted octanol–water partition coefficient (Wildman–Crippen LogP) is 2.64. The summed E-state index contributed by atoms with van der Waals surface area (Å²) in [6, 6.07) is 2.38. The van der Waals surface area contributed by atoms with Crippen LogP contribution >= 0.6 is 0 Å². The van der Waals surface area contributed by atoms with Gasteiger partial charge in [-0.15, -0.1) is 0 Å². The highest BCUT2D eigenvalue weighted by molar-refractivity contribution is 5.10. The molecule has 0 saturated heterocycles. The fourth-order valence-corrected chi connectivity index (χ4v) is 2.70. The van der Waals surface area contributed by atoms with Crippen LogP contribution in [0, 0.1) is 16.7 Å². The van der Waals surface area contributed by atoms with Crippen LogP contribution < -0.4 is 0 Å². The zero-order chi connectivity index (χ0) is 12.1. The summed E-state index contributed by atoms with van der Waals surface area (Å²) < 4.78 is 5.06. The van der Waals surface area contributed by atoms with Crippen LogP contribution in [0.25, 0.3) is 0 Å². The number of aliphatic hydroxyl groups is 1. The van der Waals surface area contributed by atoms with Crippen LogP contribution in [-0.4, -0.2) is 24.4 Å². The van der Waals surface area contributed by atoms with Crippen molar-refractivity contribution in [3.63, 3.8) is 0 Å². The molecule has 0 bridgehead atoms. The highest BCUT2D eigenvalue weighted by Gasteiger charge is 2.47. The van der Waals surface area contributed by atoms with Crippen LogP contribution in [-0.2, 0) is 4.74 Å². The third-order valence-electron chi connectivity index (χ3n) is 3.88. The Morgan fingerprint density at radius 2 is 1.75 bits per heavy atom. The van der Waals surface area contributed by atoms with E-state index in [4.69, 9.17) is 4.74 Å². The van der Waals surface area contributed by atoms with Gasteiger partial charge >= 0.3 is 0 Å². The number of ether oxygens (including phenoxy) is 1. The van der Waals surface area contributed by atoms with Crippen LogP contribution in [0.2, 0.25) is 0 Å². The topological polar surface area (TPSA) is 53.2 Å². The molecular weight excluding hydrogens is 202 g/mol. The fraction of sp³-hybridized carbons (Fsp3) is 0.923. The lowest BCUT2D eigenvalue weighted by Gasteiger charge is -2.41. The minimum Gasteiger partial charge on any atom is -0.386 e. The Kier molecular flexibility index (Phi) is 4.76. The molecule has 1 aliphatic carbocycles. The van der Waals surface area contributed by atoms with Gasteiger partial charge in [0.2, 0.25) is 0 Å². The second kappa shape index (κ2) is 5.65. The van der Waals surface area contributed by atoms with Gasteiger partial charge in [-0.25, -0.2) is 0 Å². The van der Waals surface area contributed by atoms with Gasteiger partial charge in [0.25, 0.3) is 0 Å². The SMILES string of the molecule is COCC(C)(O)C1(C#N)CCCCCCC1. The van der Waals surface area contributed by atoms with Crippen LogP contribution in [0.15, 0.2) is 0 Å². The van der Waals surface area contributed by atoms with Gasteiger partial charge in [0, 0.05) is 7.11 Å². The summed E-state index contributed by atoms with van der Waals surface area (Å²) in [7, 11) is 1.57. The molecule has 1 rings (SSSR count). The summed E-state index contributed by atoms with van der Waals surface area (Å²) in [4.78, 5) is 0. The molecule has 0 amide bonds. The van der Waals surface area contributed by atoms with Gasteiger partial charge in [-0.1, -0.05) is 32.1 Å². The lowest BCUT2D eigenvalue weighted by molar-refractivity contribution is -0.0975. The Hall–Kier alpha value is -0.590. The molecule has 0 heterocycles. The van der Waals surface area contributed by atoms with Gasteiger partial charge < -0.3 is 9.84 Å². The highest BCUT2D eigenvalue weighted by atomic mass is 16.5. The fourth-order valence-electron chi connectivity index (χ4n) is 2.70. The van der Waals surface area contributed by atoms with E-state index < -0.39 is 11.0 Å². The molecule has 3 nitrogen and oxygen atoms in total. The average molecular weight is 225 g/mol. The van der Waals surface area contributed by atoms with Crippen molar-refractivity contribution in [2.24, 2.45) is 5.41 Å². The molecule has 1 N–H and O–H groups in total. The monoisotopic (exact) mass is 225 g/mol. The molecule has 0 aromatic heterocycles. The van der Waals surface area contributed by atoms with Gasteiger partial charge in [0.05, 0.1) is 18.1 Å². The van der Waals surface area contributed by atoms with E-state index >= 15 is 0 Å². The third kappa shape index (κ3) is 2.75. The number of rotatable bonds is 3. The smallest absolute Gasteiger partial charge is 0.104 e. The Bertz CT molecular complexity index is 247. The van der Waals surface area contributed by atoms with E-state index in [1.165, 1.54) is 19.3 Å². The molecule has 16 heavy (non-hydrogen) atoms. The average Bonchev–Trinajstić information content (AvgIpc) is 2.17. The van der Waals surface area contributed by atoms with Crippen LogP contribution in [0.4, 0.5) is 0 Å². The maximum atomic E-state index is 10.5. The normalized spacial score (nSPS) is 24.9. The first-order chi connectivity index (χ1) is 7.58. The van der Waals surface area contributed by atoms with Crippen molar-refractivity contribution in [3.05, 3.63) is 0 Å². The van der Waals surface area contributed by atoms with Gasteiger partial charge in [0.1, 0.15) is 5.60 Å². The molecule has 92 valence electrons. The number of methoxy groups -OCH3 is 1. The van der Waals surface area contributed by atoms with Crippen molar-refractivity contribution in [1.82, 2.24) is 0 Å². The molecule has 1 saturated carbocycles. The lowest BCUT2D eigenvalue weighted by atomic mass is 9.66. The van der Waals surface area contributed by atoms with Crippen LogP contribution in [0.1, 0.15) is 51.9 Å². The molecular formula is C13H23NO2. The molecule has 0 aromatic rings. The molecule has 1 atom stereocenters. The summed E-state index contributed by atoms with van der Waals surface area (Å²) >= 11 is 0. The molecule has 1 fully saturated rings. The molecule has 0 radical (unpaired) electrons. The number of nitriles is 1. The summed E-state index contributed by atoms with van der Waals surface area (Å²) in [6.45, 7) is 1.97. The van der Waals surface area contributed by atoms with E-state index in [-0.39, 0.29) is 6.61 Å². The summed E-state index contributed by atoms with van der Waals surface area (Å²) in [5.41, 5.74) is -1.66. The number of nitrogens with zero attached hydrogens (tertiary/aromatic N) is 1. The zero-order valence-corrected chi connectivity index (χ0v) is 10.5. The van der Waals surface area contributed by atoms with E-state index in [1.807, 2.05) is 0 Å². The third-order valence-corrected chi connectivity index (χ3v) is 3.88. The maximum Gasteiger partial charge on any atom is 0.104 e. The first-order valence-electron chi connectivity index (χ1n) is 6.20. The molecule has 0 aliphatic heterocycles. The van der Waals surface area contributed by atoms with Crippen LogP contribution in [0.3, 0.4) is 0 Å². The molecule has 1 unspecified atom stereocenters. The van der Waals surface area contributed by atoms with E-state index in [0.717, 1.165) is 25.7 Å². The molecule has 0 aromatic carbocycles. The summed E-state index contributed by atoms with van der Waals surface area (Å²) in [5, 5.41) is 19.9. The second-order valence-corrected chi connectivity index (χ2v) is 5.17. The van der Waals surface area contributed by atoms with Crippen molar-refractivity contribution in [2.75, 3.05) is 13.7 Å². The Morgan fingerprint density at radius 1 is 1.25 bits per heavy atom. The Morgan fingerprint density at radius 3 is 2.19 bits per heavy atom. The maximum absolute atomic E-state index is 10.5. The summed E-state index contributed by atoms with van der Waals surface area (Å²) in [5.74, 6) is 0. The first-order valence-corrected chi connectivity index (χ1v) is 6.20. The quantitative estimate of drug-likeness (QED) is 0.803. The van der Waals surface area contributed by atoms with Gasteiger partial charge in [-0.2, -0.15) is 5.26 Å². The van der Waals surface area contributed by atoms with Crippen molar-refractivity contribution in [3.8, 4) is 6.07 Å². The van der Waals surface area contributed by atoms with E-state index in [0.29, 0.717) is 0 Å². The predicted molar refractivity (Wildman–Crippen MR) is 62.9 cm³/mol. The summed E-state index contributed by atoms with van der Waals surface area (Å²) in [6.07, 6.45) is 7.26. The van der Waals surface area contributed by atoms with E-state index in [2.05, 4.69) is 6.07 Å². The zero-order valence-electron chi connectivity index (χ0n) is 10.5. The van der Waals surface area contributed by atoms with Gasteiger partial charge in [-0.05, 0) is 19.8 Å². The Balaban J connectivity index is 2.84. The Labute approximate surface area is 98.4 Å². The van der Waals surface area contributed by atoms with Crippen molar-refractivity contribution in [2.45, 2.75) is 57.5 Å². The number of hydrogen-bond donors (Lipinski definition) is 1. The van der Waals surface area contributed by atoms with Gasteiger partial charge in [-0.3, -0.25) is 0 Å². The standard InChI is InChI=1S/C13H23NO2/c1-12(15,11-16-2)13(10-14)8-6-4-3-5-7-9-13/h15H,3-9,11H2,1-2H3. The lowest BCUT2D eigenvalue weighted by Crippen LogP contribution is -2.48. The largest absolute Gasteiger partial charge is 0.386 e. The molecule has 0 spiro atoms. The molecule has 3 heteroatoms. The minimum atomic E-state index is -1.03. The van der Waals surface area contributed by atoms with Crippen molar-refractivity contribution < 1.29 is 9.84 Å². The molecule has 1 aliphatic rings. The van der Waals surface area contributed by atoms with E-state index in [1.54, 1.807) is 14.0 Å². The first kappa shape index (κ1) is 13.5. The second-order valence-electron chi connectivity index (χ2n) is 5.17. The van der Waals surface area contributed by atoms with Crippen molar-refractivity contribution in [1.29, 1.82) is 5.26 Å². The highest BCUT2D eigenvalue weighted by Crippen LogP contribution is 2.42. The number of hydrogen-bond acceptors (Lipinski definition) is 3. The van der Waals surface area contributed by atoms with E-state index in [9.17, 15) is 10.4 Å². The van der Waals surface area contributed by atoms with Crippen molar-refractivity contribution >= 4 is 0 Å². The van der Waals surface area contributed by atoms with Crippen LogP contribution in [0.5, 0.6) is 0 Å². The van der Waals surface area contributed by atoms with Gasteiger partial charge in [0.15, 0.2) is 0 Å². The minimum absolute atomic E-state index is 0.237.